The molecule has 186 valence electrons. The van der Waals surface area contributed by atoms with Crippen LogP contribution in [0.1, 0.15) is 74.3 Å². The van der Waals surface area contributed by atoms with E-state index in [0.717, 1.165) is 38.0 Å². The van der Waals surface area contributed by atoms with Gasteiger partial charge in [-0.1, -0.05) is 19.4 Å². The van der Waals surface area contributed by atoms with Crippen LogP contribution in [0.3, 0.4) is 0 Å². The molecule has 0 spiro atoms. The topological polar surface area (TPSA) is 81.3 Å². The van der Waals surface area contributed by atoms with Crippen LogP contribution in [0, 0.1) is 11.3 Å². The van der Waals surface area contributed by atoms with Crippen LogP contribution in [-0.2, 0) is 11.2 Å². The molecule has 0 bridgehead atoms. The molecule has 3 heterocycles. The Morgan fingerprint density at radius 2 is 2.11 bits per heavy atom. The van der Waals surface area contributed by atoms with Crippen LogP contribution in [0.2, 0.25) is 0 Å². The number of carbonyl (C=O) groups is 1. The molecule has 2 unspecified atom stereocenters. The van der Waals surface area contributed by atoms with Gasteiger partial charge in [-0.3, -0.25) is 14.7 Å². The monoisotopic (exact) mass is 475 g/mol. The molecule has 1 saturated carbocycles. The summed E-state index contributed by atoms with van der Waals surface area (Å²) in [5.74, 6) is 1.35. The van der Waals surface area contributed by atoms with Gasteiger partial charge in [0, 0.05) is 69.7 Å². The lowest BCUT2D eigenvalue weighted by atomic mass is 9.82. The van der Waals surface area contributed by atoms with E-state index in [9.17, 15) is 4.79 Å². The standard InChI is InChI=1S/C27H37N7O/c1-5-24-19-32(20(2)22-9-10-25(29-17-22)21-7-6-8-21)14-15-33(24)26(12-16-35)27-30-23(11-13-28)18-34(27)31(3)4/h9-10,12,16-18,20-21,24H,5-8,11,14-15,19H2,1-4H3/b26-12+. The van der Waals surface area contributed by atoms with Gasteiger partial charge in [0.1, 0.15) is 6.29 Å². The molecule has 2 aromatic rings. The number of aldehydes is 1. The molecule has 8 heteroatoms. The summed E-state index contributed by atoms with van der Waals surface area (Å²) in [6, 6.07) is 7.16. The third-order valence-corrected chi connectivity index (χ3v) is 7.54. The van der Waals surface area contributed by atoms with E-state index in [-0.39, 0.29) is 18.5 Å². The van der Waals surface area contributed by atoms with Gasteiger partial charge in [0.15, 0.2) is 5.82 Å². The number of hydrogen-bond donors (Lipinski definition) is 0. The summed E-state index contributed by atoms with van der Waals surface area (Å²) in [4.78, 5) is 26.0. The fraction of sp³-hybridized carbons (Fsp3) is 0.556. The van der Waals surface area contributed by atoms with E-state index >= 15 is 0 Å². The fourth-order valence-electron chi connectivity index (χ4n) is 5.15. The second kappa shape index (κ2) is 11.0. The number of allylic oxidation sites excluding steroid dienone is 1. The van der Waals surface area contributed by atoms with Crippen molar-refractivity contribution in [3.63, 3.8) is 0 Å². The van der Waals surface area contributed by atoms with Gasteiger partial charge in [-0.25, -0.2) is 9.66 Å². The number of carbonyl (C=O) groups excluding carboxylic acids is 1. The summed E-state index contributed by atoms with van der Waals surface area (Å²) in [6.45, 7) is 7.03. The third-order valence-electron chi connectivity index (χ3n) is 7.54. The zero-order valence-corrected chi connectivity index (χ0v) is 21.4. The molecule has 2 aliphatic rings. The average Bonchev–Trinajstić information content (AvgIpc) is 3.25. The molecule has 4 rings (SSSR count). The van der Waals surface area contributed by atoms with Crippen LogP contribution in [0.25, 0.3) is 5.70 Å². The van der Waals surface area contributed by atoms with Crippen LogP contribution in [0.5, 0.6) is 0 Å². The molecular weight excluding hydrogens is 438 g/mol. The molecule has 1 saturated heterocycles. The van der Waals surface area contributed by atoms with Crippen molar-refractivity contribution in [1.82, 2.24) is 24.4 Å². The minimum Gasteiger partial charge on any atom is -0.363 e. The molecule has 0 radical (unpaired) electrons. The summed E-state index contributed by atoms with van der Waals surface area (Å²) in [7, 11) is 3.86. The van der Waals surface area contributed by atoms with E-state index in [1.54, 1.807) is 6.08 Å². The number of aromatic nitrogens is 3. The molecule has 0 amide bonds. The Hall–Kier alpha value is -3.18. The zero-order chi connectivity index (χ0) is 24.9. The Morgan fingerprint density at radius 1 is 1.31 bits per heavy atom. The van der Waals surface area contributed by atoms with Gasteiger partial charge in [-0.05, 0) is 37.8 Å². The number of piperazine rings is 1. The van der Waals surface area contributed by atoms with Crippen LogP contribution in [-0.4, -0.2) is 70.5 Å². The molecule has 1 aliphatic heterocycles. The Bertz CT molecular complexity index is 1080. The highest BCUT2D eigenvalue weighted by molar-refractivity contribution is 5.79. The van der Waals surface area contributed by atoms with Gasteiger partial charge < -0.3 is 9.91 Å². The normalized spacial score (nSPS) is 20.3. The van der Waals surface area contributed by atoms with Crippen molar-refractivity contribution in [3.8, 4) is 6.07 Å². The van der Waals surface area contributed by atoms with Crippen LogP contribution in [0.15, 0.2) is 30.6 Å². The van der Waals surface area contributed by atoms with Crippen LogP contribution < -0.4 is 5.01 Å². The van der Waals surface area contributed by atoms with E-state index in [4.69, 9.17) is 15.2 Å². The first-order valence-corrected chi connectivity index (χ1v) is 12.7. The first-order chi connectivity index (χ1) is 17.0. The van der Waals surface area contributed by atoms with Gasteiger partial charge >= 0.3 is 0 Å². The Labute approximate surface area is 208 Å². The van der Waals surface area contributed by atoms with Gasteiger partial charge in [0.05, 0.1) is 30.1 Å². The van der Waals surface area contributed by atoms with E-state index in [2.05, 4.69) is 48.0 Å². The van der Waals surface area contributed by atoms with Gasteiger partial charge in [-0.15, -0.1) is 0 Å². The summed E-state index contributed by atoms with van der Waals surface area (Å²) in [5.41, 5.74) is 4.00. The van der Waals surface area contributed by atoms with Crippen LogP contribution >= 0.6 is 0 Å². The number of rotatable bonds is 9. The Balaban J connectivity index is 1.53. The van der Waals surface area contributed by atoms with Crippen LogP contribution in [0.4, 0.5) is 0 Å². The van der Waals surface area contributed by atoms with E-state index in [1.165, 1.54) is 30.5 Å². The van der Waals surface area contributed by atoms with Crippen molar-refractivity contribution in [2.75, 3.05) is 38.7 Å². The number of nitrogens with zero attached hydrogens (tertiary/aromatic N) is 7. The average molecular weight is 476 g/mol. The molecule has 0 aromatic carbocycles. The number of imidazole rings is 1. The zero-order valence-electron chi connectivity index (χ0n) is 21.4. The maximum Gasteiger partial charge on any atom is 0.175 e. The molecule has 2 fully saturated rings. The molecule has 2 atom stereocenters. The highest BCUT2D eigenvalue weighted by Crippen LogP contribution is 2.36. The van der Waals surface area contributed by atoms with E-state index in [1.807, 2.05) is 30.0 Å². The lowest BCUT2D eigenvalue weighted by molar-refractivity contribution is -0.104. The second-order valence-electron chi connectivity index (χ2n) is 9.84. The third kappa shape index (κ3) is 5.25. The Morgan fingerprint density at radius 3 is 2.69 bits per heavy atom. The minimum atomic E-state index is 0.234. The second-order valence-corrected chi connectivity index (χ2v) is 9.84. The smallest absolute Gasteiger partial charge is 0.175 e. The van der Waals surface area contributed by atoms with Crippen molar-refractivity contribution >= 4 is 12.0 Å². The number of pyridine rings is 1. The van der Waals surface area contributed by atoms with E-state index in [0.29, 0.717) is 17.4 Å². The lowest BCUT2D eigenvalue weighted by Crippen LogP contribution is -2.52. The lowest BCUT2D eigenvalue weighted by Gasteiger charge is -2.45. The van der Waals surface area contributed by atoms with Crippen molar-refractivity contribution < 1.29 is 4.79 Å². The SMILES string of the molecule is CCC1CN(C(C)c2ccc(C3CCC3)nc2)CCN1/C(=C/C=O)c1nc(CC#N)cn1N(C)C. The first kappa shape index (κ1) is 24.9. The van der Waals surface area contributed by atoms with Crippen molar-refractivity contribution in [2.24, 2.45) is 0 Å². The van der Waals surface area contributed by atoms with Gasteiger partial charge in [0.2, 0.25) is 0 Å². The van der Waals surface area contributed by atoms with E-state index < -0.39 is 0 Å². The maximum atomic E-state index is 11.7. The molecule has 1 aliphatic carbocycles. The first-order valence-electron chi connectivity index (χ1n) is 12.7. The summed E-state index contributed by atoms with van der Waals surface area (Å²) < 4.78 is 1.92. The quantitative estimate of drug-likeness (QED) is 0.405. The van der Waals surface area contributed by atoms with Gasteiger partial charge in [0.25, 0.3) is 0 Å². The van der Waals surface area contributed by atoms with Crippen molar-refractivity contribution in [1.29, 1.82) is 5.26 Å². The minimum absolute atomic E-state index is 0.234. The summed E-state index contributed by atoms with van der Waals surface area (Å²) in [6.07, 6.45) is 11.4. The molecule has 0 N–H and O–H groups in total. The maximum absolute atomic E-state index is 11.7. The molecule has 8 nitrogen and oxygen atoms in total. The number of hydrogen-bond acceptors (Lipinski definition) is 7. The molecule has 35 heavy (non-hydrogen) atoms. The predicted molar refractivity (Wildman–Crippen MR) is 137 cm³/mol. The predicted octanol–water partition coefficient (Wildman–Crippen LogP) is 3.51. The summed E-state index contributed by atoms with van der Waals surface area (Å²) in [5, 5.41) is 11.1. The van der Waals surface area contributed by atoms with Crippen molar-refractivity contribution in [3.05, 3.63) is 53.4 Å². The van der Waals surface area contributed by atoms with Gasteiger partial charge in [-0.2, -0.15) is 5.26 Å². The molecule has 2 aromatic heterocycles. The Kier molecular flexibility index (Phi) is 7.86. The molecular formula is C27H37N7O. The van der Waals surface area contributed by atoms with Crippen molar-refractivity contribution in [2.45, 2.75) is 64.0 Å². The highest BCUT2D eigenvalue weighted by atomic mass is 16.1. The number of nitriles is 1. The summed E-state index contributed by atoms with van der Waals surface area (Å²) >= 11 is 0. The fourth-order valence-corrected chi connectivity index (χ4v) is 5.15. The largest absolute Gasteiger partial charge is 0.363 e. The highest BCUT2D eigenvalue weighted by Gasteiger charge is 2.32.